The van der Waals surface area contributed by atoms with Crippen LogP contribution in [-0.2, 0) is 17.3 Å². The van der Waals surface area contributed by atoms with E-state index in [2.05, 4.69) is 10.3 Å². The van der Waals surface area contributed by atoms with Crippen molar-refractivity contribution in [2.45, 2.75) is 12.6 Å². The minimum atomic E-state index is -4.43. The summed E-state index contributed by atoms with van der Waals surface area (Å²) in [6, 6.07) is 2.97. The molecule has 0 aliphatic carbocycles. The molecule has 0 spiro atoms. The van der Waals surface area contributed by atoms with Crippen LogP contribution < -0.4 is 15.6 Å². The number of hydrogen-bond acceptors (Lipinski definition) is 5. The zero-order chi connectivity index (χ0) is 24.1. The van der Waals surface area contributed by atoms with Crippen molar-refractivity contribution in [1.29, 1.82) is 0 Å². The van der Waals surface area contributed by atoms with Crippen LogP contribution in [0.5, 0.6) is 0 Å². The van der Waals surface area contributed by atoms with E-state index in [1.807, 2.05) is 4.72 Å². The van der Waals surface area contributed by atoms with Crippen LogP contribution in [0.1, 0.15) is 6.42 Å². The Hall–Kier alpha value is -2.90. The van der Waals surface area contributed by atoms with Crippen molar-refractivity contribution in [2.24, 2.45) is 7.05 Å². The summed E-state index contributed by atoms with van der Waals surface area (Å²) in [7, 11) is -3.00. The van der Waals surface area contributed by atoms with E-state index in [4.69, 9.17) is 11.6 Å². The monoisotopic (exact) mass is 505 g/mol. The first-order valence-corrected chi connectivity index (χ1v) is 11.3. The van der Waals surface area contributed by atoms with E-state index in [0.29, 0.717) is 6.07 Å². The highest BCUT2D eigenvalue weighted by Gasteiger charge is 2.33. The Morgan fingerprint density at radius 3 is 2.58 bits per heavy atom. The number of benzene rings is 2. The maximum absolute atomic E-state index is 15.1. The molecule has 3 aromatic rings. The third-order valence-electron chi connectivity index (χ3n) is 5.11. The minimum absolute atomic E-state index is 0.0389. The van der Waals surface area contributed by atoms with E-state index in [0.717, 1.165) is 8.87 Å². The molecule has 0 unspecified atom stereocenters. The number of halogens is 5. The normalized spacial score (nSPS) is 17.0. The highest BCUT2D eigenvalue weighted by molar-refractivity contribution is 7.90. The molecule has 1 aliphatic heterocycles. The Bertz CT molecular complexity index is 1430. The number of aromatic nitrogens is 2. The van der Waals surface area contributed by atoms with E-state index in [-0.39, 0.29) is 34.6 Å². The fourth-order valence-corrected chi connectivity index (χ4v) is 4.93. The standard InChI is InChI=1S/C19H16ClF4N5O3S/c1-28-8-25-11-2-3-12(15(20)14(11)19(28)30)26-18-16(23)10(22)6-13(17(18)24)27-33(31,32)29-5-4-9(21)7-29/h2-3,6,8-9,26-27H,4-5,7H2,1H3/t9-/m1/s1. The van der Waals surface area contributed by atoms with Gasteiger partial charge in [-0.3, -0.25) is 9.52 Å². The van der Waals surface area contributed by atoms with Crippen molar-refractivity contribution in [3.63, 3.8) is 0 Å². The maximum Gasteiger partial charge on any atom is 0.301 e. The lowest BCUT2D eigenvalue weighted by atomic mass is 10.2. The summed E-state index contributed by atoms with van der Waals surface area (Å²) >= 11 is 6.25. The molecule has 0 saturated carbocycles. The lowest BCUT2D eigenvalue weighted by Crippen LogP contribution is -2.34. The van der Waals surface area contributed by atoms with Crippen molar-refractivity contribution in [1.82, 2.24) is 13.9 Å². The second-order valence-electron chi connectivity index (χ2n) is 7.37. The van der Waals surface area contributed by atoms with Crippen LogP contribution in [0, 0.1) is 17.5 Å². The molecule has 8 nitrogen and oxygen atoms in total. The van der Waals surface area contributed by atoms with E-state index in [1.165, 1.54) is 25.5 Å². The minimum Gasteiger partial charge on any atom is -0.349 e. The lowest BCUT2D eigenvalue weighted by molar-refractivity contribution is 0.343. The van der Waals surface area contributed by atoms with Gasteiger partial charge in [-0.25, -0.2) is 22.5 Å². The van der Waals surface area contributed by atoms with Crippen molar-refractivity contribution in [3.05, 3.63) is 57.4 Å². The topological polar surface area (TPSA) is 96.3 Å². The molecule has 2 N–H and O–H groups in total. The van der Waals surface area contributed by atoms with Crippen LogP contribution in [0.25, 0.3) is 10.9 Å². The summed E-state index contributed by atoms with van der Waals surface area (Å²) in [5.41, 5.74) is -2.39. The molecule has 2 aromatic carbocycles. The molecule has 1 fully saturated rings. The molecule has 4 rings (SSSR count). The molecule has 0 bridgehead atoms. The van der Waals surface area contributed by atoms with Gasteiger partial charge in [0.25, 0.3) is 5.56 Å². The highest BCUT2D eigenvalue weighted by Crippen LogP contribution is 2.35. The summed E-state index contributed by atoms with van der Waals surface area (Å²) < 4.78 is 85.7. The first-order valence-electron chi connectivity index (χ1n) is 9.50. The Kier molecular flexibility index (Phi) is 5.97. The predicted molar refractivity (Wildman–Crippen MR) is 115 cm³/mol. The summed E-state index contributed by atoms with van der Waals surface area (Å²) in [6.07, 6.45) is -0.155. The van der Waals surface area contributed by atoms with Crippen molar-refractivity contribution < 1.29 is 26.0 Å². The number of anilines is 3. The van der Waals surface area contributed by atoms with E-state index in [9.17, 15) is 26.4 Å². The average Bonchev–Trinajstić information content (AvgIpc) is 3.20. The molecule has 14 heteroatoms. The zero-order valence-corrected chi connectivity index (χ0v) is 18.4. The largest absolute Gasteiger partial charge is 0.349 e. The van der Waals surface area contributed by atoms with Crippen molar-refractivity contribution in [3.8, 4) is 0 Å². The highest BCUT2D eigenvalue weighted by atomic mass is 35.5. The molecule has 0 radical (unpaired) electrons. The summed E-state index contributed by atoms with van der Waals surface area (Å²) in [5.74, 6) is -4.67. The Labute approximate surface area is 190 Å². The van der Waals surface area contributed by atoms with E-state index >= 15 is 4.39 Å². The van der Waals surface area contributed by atoms with Gasteiger partial charge in [0.1, 0.15) is 11.9 Å². The second-order valence-corrected chi connectivity index (χ2v) is 9.42. The van der Waals surface area contributed by atoms with E-state index < -0.39 is 57.3 Å². The first-order chi connectivity index (χ1) is 15.5. The van der Waals surface area contributed by atoms with Crippen LogP contribution in [0.2, 0.25) is 5.02 Å². The van der Waals surface area contributed by atoms with Crippen LogP contribution in [0.4, 0.5) is 34.6 Å². The van der Waals surface area contributed by atoms with Crippen LogP contribution >= 0.6 is 11.6 Å². The SMILES string of the molecule is Cn1cnc2ccc(Nc3c(F)c(F)cc(NS(=O)(=O)N4CC[C@@H](F)C4)c3F)c(Cl)c2c1=O. The molecular formula is C19H16ClF4N5O3S. The number of nitrogens with zero attached hydrogens (tertiary/aromatic N) is 3. The van der Waals surface area contributed by atoms with Crippen molar-refractivity contribution >= 4 is 49.8 Å². The number of rotatable bonds is 5. The van der Waals surface area contributed by atoms with Gasteiger partial charge in [-0.2, -0.15) is 12.7 Å². The molecule has 1 atom stereocenters. The Balaban J connectivity index is 1.75. The van der Waals surface area contributed by atoms with E-state index in [1.54, 1.807) is 0 Å². The third-order valence-corrected chi connectivity index (χ3v) is 6.99. The van der Waals surface area contributed by atoms with Crippen molar-refractivity contribution in [2.75, 3.05) is 23.1 Å². The lowest BCUT2D eigenvalue weighted by Gasteiger charge is -2.19. The van der Waals surface area contributed by atoms with Crippen LogP contribution in [-0.4, -0.2) is 41.5 Å². The van der Waals surface area contributed by atoms with Gasteiger partial charge in [0.15, 0.2) is 17.5 Å². The summed E-state index contributed by atoms with van der Waals surface area (Å²) in [5, 5.41) is 2.02. The molecule has 1 aliphatic rings. The number of alkyl halides is 1. The summed E-state index contributed by atoms with van der Waals surface area (Å²) in [6.45, 7) is -0.593. The first kappa shape index (κ1) is 23.3. The summed E-state index contributed by atoms with van der Waals surface area (Å²) in [4.78, 5) is 16.4. The van der Waals surface area contributed by atoms with Gasteiger partial charge in [0, 0.05) is 26.2 Å². The fourth-order valence-electron chi connectivity index (χ4n) is 3.38. The van der Waals surface area contributed by atoms with Gasteiger partial charge in [0.2, 0.25) is 0 Å². The fraction of sp³-hybridized carbons (Fsp3) is 0.263. The van der Waals surface area contributed by atoms with Gasteiger partial charge in [0.05, 0.1) is 33.6 Å². The van der Waals surface area contributed by atoms with Crippen LogP contribution in [0.15, 0.2) is 29.3 Å². The number of hydrogen-bond donors (Lipinski definition) is 2. The predicted octanol–water partition coefficient (Wildman–Crippen LogP) is 3.45. The Morgan fingerprint density at radius 1 is 1.18 bits per heavy atom. The van der Waals surface area contributed by atoms with Crippen LogP contribution in [0.3, 0.4) is 0 Å². The molecule has 2 heterocycles. The molecule has 0 amide bonds. The quantitative estimate of drug-likeness (QED) is 0.409. The second kappa shape index (κ2) is 8.47. The molecule has 176 valence electrons. The zero-order valence-electron chi connectivity index (χ0n) is 16.9. The molecule has 1 aromatic heterocycles. The molecule has 1 saturated heterocycles. The average molecular weight is 506 g/mol. The smallest absolute Gasteiger partial charge is 0.301 e. The molecular weight excluding hydrogens is 490 g/mol. The van der Waals surface area contributed by atoms with Gasteiger partial charge in [-0.15, -0.1) is 0 Å². The number of aryl methyl sites for hydroxylation is 1. The van der Waals surface area contributed by atoms with Gasteiger partial charge >= 0.3 is 10.2 Å². The molecule has 33 heavy (non-hydrogen) atoms. The maximum atomic E-state index is 15.1. The van der Waals surface area contributed by atoms with Gasteiger partial charge in [-0.05, 0) is 18.6 Å². The van der Waals surface area contributed by atoms with Gasteiger partial charge < -0.3 is 9.88 Å². The van der Waals surface area contributed by atoms with Gasteiger partial charge in [-0.1, -0.05) is 11.6 Å². The third kappa shape index (κ3) is 4.23. The Morgan fingerprint density at radius 2 is 1.91 bits per heavy atom. The number of fused-ring (bicyclic) bond motifs is 1. The number of nitrogens with one attached hydrogen (secondary N) is 2.